The molecule has 4 aromatic rings. The van der Waals surface area contributed by atoms with Crippen LogP contribution in [0.15, 0.2) is 59.8 Å². The van der Waals surface area contributed by atoms with E-state index < -0.39 is 20.0 Å². The zero-order valence-corrected chi connectivity index (χ0v) is 17.7. The van der Waals surface area contributed by atoms with Gasteiger partial charge < -0.3 is 10.3 Å². The lowest BCUT2D eigenvalue weighted by Crippen LogP contribution is -2.12. The predicted molar refractivity (Wildman–Crippen MR) is 117 cm³/mol. The van der Waals surface area contributed by atoms with Crippen LogP contribution in [0.3, 0.4) is 0 Å². The van der Waals surface area contributed by atoms with Gasteiger partial charge in [0.15, 0.2) is 5.65 Å². The number of aromatic nitrogens is 4. The number of anilines is 3. The van der Waals surface area contributed by atoms with Crippen molar-refractivity contribution in [2.75, 3.05) is 16.3 Å². The van der Waals surface area contributed by atoms with Crippen molar-refractivity contribution in [1.29, 1.82) is 0 Å². The summed E-state index contributed by atoms with van der Waals surface area (Å²) < 4.78 is 48.4. The van der Waals surface area contributed by atoms with Crippen molar-refractivity contribution < 1.29 is 16.8 Å². The number of H-pyrrole nitrogens is 1. The Morgan fingerprint density at radius 1 is 0.968 bits per heavy atom. The van der Waals surface area contributed by atoms with Crippen molar-refractivity contribution in [3.63, 3.8) is 0 Å². The number of hydrogen-bond donors (Lipinski definition) is 4. The largest absolute Gasteiger partial charge is 0.329 e. The Labute approximate surface area is 177 Å². The third kappa shape index (κ3) is 4.79. The van der Waals surface area contributed by atoms with E-state index in [2.05, 4.69) is 30.0 Å². The van der Waals surface area contributed by atoms with E-state index in [1.54, 1.807) is 36.4 Å². The third-order valence-corrected chi connectivity index (χ3v) is 5.68. The average Bonchev–Trinajstić information content (AvgIpc) is 3.15. The van der Waals surface area contributed by atoms with Crippen LogP contribution in [-0.4, -0.2) is 43.0 Å². The molecule has 13 heteroatoms. The fourth-order valence-electron chi connectivity index (χ4n) is 2.88. The number of nitrogens with two attached hydrogens (primary N) is 1. The summed E-state index contributed by atoms with van der Waals surface area (Å²) in [5.74, 6) is 0.205. The SMILES string of the molecule is CS(=O)(=O)Nc1ccc(-c2nc(Nc3cccc(S(N)(=O)=O)c3)nc3[nH]cnc23)cc1. The van der Waals surface area contributed by atoms with Gasteiger partial charge in [-0.2, -0.15) is 4.98 Å². The lowest BCUT2D eigenvalue weighted by atomic mass is 10.1. The van der Waals surface area contributed by atoms with Crippen LogP contribution in [0, 0.1) is 0 Å². The third-order valence-electron chi connectivity index (χ3n) is 4.16. The Morgan fingerprint density at radius 3 is 2.39 bits per heavy atom. The molecule has 0 saturated carbocycles. The first-order valence-corrected chi connectivity index (χ1v) is 12.2. The number of nitrogens with one attached hydrogen (secondary N) is 3. The zero-order valence-electron chi connectivity index (χ0n) is 16.1. The van der Waals surface area contributed by atoms with E-state index in [0.717, 1.165) is 6.26 Å². The van der Waals surface area contributed by atoms with Gasteiger partial charge in [0, 0.05) is 16.9 Å². The molecular formula is C18H17N7O4S2. The van der Waals surface area contributed by atoms with Gasteiger partial charge in [-0.15, -0.1) is 0 Å². The van der Waals surface area contributed by atoms with E-state index in [9.17, 15) is 16.8 Å². The zero-order chi connectivity index (χ0) is 22.2. The standard InChI is InChI=1S/C18H17N7O4S2/c1-30(26,27)25-12-7-5-11(6-8-12)15-16-17(21-10-20-16)24-18(23-15)22-13-3-2-4-14(9-13)31(19,28)29/h2-10,25H,1H3,(H2,19,28,29)(H2,20,21,22,23,24). The summed E-state index contributed by atoms with van der Waals surface area (Å²) in [4.78, 5) is 16.0. The predicted octanol–water partition coefficient (Wildman–Crippen LogP) is 1.78. The van der Waals surface area contributed by atoms with E-state index in [4.69, 9.17) is 5.14 Å². The summed E-state index contributed by atoms with van der Waals surface area (Å²) in [5, 5.41) is 8.16. The molecule has 0 atom stereocenters. The number of fused-ring (bicyclic) bond motifs is 1. The molecule has 0 unspecified atom stereocenters. The van der Waals surface area contributed by atoms with Crippen molar-refractivity contribution in [2.45, 2.75) is 4.90 Å². The van der Waals surface area contributed by atoms with Crippen LogP contribution in [0.1, 0.15) is 0 Å². The van der Waals surface area contributed by atoms with Gasteiger partial charge in [-0.25, -0.2) is 31.9 Å². The molecule has 0 bridgehead atoms. The number of primary sulfonamides is 1. The molecule has 0 aliphatic rings. The molecule has 2 aromatic heterocycles. The summed E-state index contributed by atoms with van der Waals surface area (Å²) in [6.07, 6.45) is 2.55. The van der Waals surface area contributed by atoms with Crippen molar-refractivity contribution in [3.05, 3.63) is 54.9 Å². The number of nitrogens with zero attached hydrogens (tertiary/aromatic N) is 3. The average molecular weight is 460 g/mol. The summed E-state index contributed by atoms with van der Waals surface area (Å²) >= 11 is 0. The molecule has 0 saturated heterocycles. The lowest BCUT2D eigenvalue weighted by molar-refractivity contribution is 0.597. The van der Waals surface area contributed by atoms with Gasteiger partial charge in [0.05, 0.1) is 17.5 Å². The number of rotatable bonds is 6. The Bertz CT molecular complexity index is 1480. The van der Waals surface area contributed by atoms with Crippen LogP contribution in [0.2, 0.25) is 0 Å². The molecule has 5 N–H and O–H groups in total. The Kier molecular flexibility index (Phi) is 5.08. The lowest BCUT2D eigenvalue weighted by Gasteiger charge is -2.09. The summed E-state index contributed by atoms with van der Waals surface area (Å²) in [7, 11) is -7.25. The summed E-state index contributed by atoms with van der Waals surface area (Å²) in [5.41, 5.74) is 3.02. The molecule has 160 valence electrons. The molecule has 0 aliphatic carbocycles. The highest BCUT2D eigenvalue weighted by Crippen LogP contribution is 2.28. The van der Waals surface area contributed by atoms with Crippen molar-refractivity contribution in [3.8, 4) is 11.3 Å². The van der Waals surface area contributed by atoms with Gasteiger partial charge in [0.2, 0.25) is 26.0 Å². The molecule has 0 fully saturated rings. The minimum atomic E-state index is -3.86. The minimum Gasteiger partial charge on any atom is -0.329 e. The molecule has 0 aliphatic heterocycles. The first kappa shape index (κ1) is 20.7. The van der Waals surface area contributed by atoms with Gasteiger partial charge in [-0.1, -0.05) is 18.2 Å². The van der Waals surface area contributed by atoms with Gasteiger partial charge in [0.1, 0.15) is 11.2 Å². The monoisotopic (exact) mass is 459 g/mol. The fraction of sp³-hybridized carbons (Fsp3) is 0.0556. The van der Waals surface area contributed by atoms with Gasteiger partial charge >= 0.3 is 0 Å². The van der Waals surface area contributed by atoms with Crippen LogP contribution in [0.25, 0.3) is 22.4 Å². The second-order valence-corrected chi connectivity index (χ2v) is 9.95. The van der Waals surface area contributed by atoms with E-state index in [1.165, 1.54) is 18.5 Å². The summed E-state index contributed by atoms with van der Waals surface area (Å²) in [6.45, 7) is 0. The van der Waals surface area contributed by atoms with Crippen LogP contribution in [0.4, 0.5) is 17.3 Å². The molecule has 11 nitrogen and oxygen atoms in total. The van der Waals surface area contributed by atoms with Gasteiger partial charge in [-0.05, 0) is 30.3 Å². The van der Waals surface area contributed by atoms with E-state index in [-0.39, 0.29) is 10.8 Å². The van der Waals surface area contributed by atoms with E-state index >= 15 is 0 Å². The van der Waals surface area contributed by atoms with Crippen molar-refractivity contribution in [2.24, 2.45) is 5.14 Å². The van der Waals surface area contributed by atoms with Crippen molar-refractivity contribution in [1.82, 2.24) is 19.9 Å². The van der Waals surface area contributed by atoms with Gasteiger partial charge in [-0.3, -0.25) is 4.72 Å². The minimum absolute atomic E-state index is 0.0469. The number of benzene rings is 2. The van der Waals surface area contributed by atoms with Crippen LogP contribution in [0.5, 0.6) is 0 Å². The highest BCUT2D eigenvalue weighted by atomic mass is 32.2. The first-order chi connectivity index (χ1) is 14.6. The normalized spacial score (nSPS) is 12.1. The molecular weight excluding hydrogens is 442 g/mol. The molecule has 4 rings (SSSR count). The highest BCUT2D eigenvalue weighted by molar-refractivity contribution is 7.92. The molecule has 31 heavy (non-hydrogen) atoms. The van der Waals surface area contributed by atoms with E-state index in [0.29, 0.717) is 33.8 Å². The van der Waals surface area contributed by atoms with Crippen LogP contribution < -0.4 is 15.2 Å². The van der Waals surface area contributed by atoms with Crippen molar-refractivity contribution >= 4 is 48.5 Å². The maximum atomic E-state index is 11.6. The molecule has 0 amide bonds. The second-order valence-electron chi connectivity index (χ2n) is 6.64. The maximum Gasteiger partial charge on any atom is 0.238 e. The van der Waals surface area contributed by atoms with Crippen LogP contribution >= 0.6 is 0 Å². The quantitative estimate of drug-likeness (QED) is 0.338. The van der Waals surface area contributed by atoms with Gasteiger partial charge in [0.25, 0.3) is 0 Å². The molecule has 0 radical (unpaired) electrons. The highest BCUT2D eigenvalue weighted by Gasteiger charge is 2.14. The molecule has 2 heterocycles. The fourth-order valence-corrected chi connectivity index (χ4v) is 4.01. The summed E-state index contributed by atoms with van der Waals surface area (Å²) in [6, 6.07) is 12.6. The van der Waals surface area contributed by atoms with Crippen LogP contribution in [-0.2, 0) is 20.0 Å². The molecule has 0 spiro atoms. The Morgan fingerprint density at radius 2 is 1.71 bits per heavy atom. The first-order valence-electron chi connectivity index (χ1n) is 8.78. The Hall–Kier alpha value is -3.55. The number of imidazole rings is 1. The van der Waals surface area contributed by atoms with E-state index in [1.807, 2.05) is 0 Å². The number of sulfonamides is 2. The second kappa shape index (κ2) is 7.61. The topological polar surface area (TPSA) is 173 Å². The number of hydrogen-bond acceptors (Lipinski definition) is 8. The smallest absolute Gasteiger partial charge is 0.238 e. The Balaban J connectivity index is 1.72. The maximum absolute atomic E-state index is 11.6. The number of aromatic amines is 1. The molecule has 2 aromatic carbocycles.